The number of nitrogens with zero attached hydrogens (tertiary/aromatic N) is 4. The minimum atomic E-state index is -0.0815. The lowest BCUT2D eigenvalue weighted by atomic mass is 10.0. The van der Waals surface area contributed by atoms with E-state index in [4.69, 9.17) is 5.73 Å². The van der Waals surface area contributed by atoms with Crippen molar-refractivity contribution >= 4 is 17.5 Å². The standard InChI is InChI=1S/C23H25N5O/c1-27(15-17-12-13-28(16-17)19-10-6-3-7-11-19)22(29)20-14-25-23(24)26-21(20)18-8-4-2-5-9-18/h2-11,14,17H,12-13,15-16H2,1H3,(H2,24,25,26). The quantitative estimate of drug-likeness (QED) is 0.727. The van der Waals surface area contributed by atoms with Crippen molar-refractivity contribution in [2.75, 3.05) is 37.3 Å². The summed E-state index contributed by atoms with van der Waals surface area (Å²) in [6, 6.07) is 20.0. The molecular formula is C23H25N5O. The molecule has 2 N–H and O–H groups in total. The van der Waals surface area contributed by atoms with Gasteiger partial charge in [0.1, 0.15) is 0 Å². The average molecular weight is 387 g/mol. The van der Waals surface area contributed by atoms with Gasteiger partial charge in [0.25, 0.3) is 5.91 Å². The summed E-state index contributed by atoms with van der Waals surface area (Å²) >= 11 is 0. The van der Waals surface area contributed by atoms with Crippen molar-refractivity contribution in [1.82, 2.24) is 14.9 Å². The fourth-order valence-electron chi connectivity index (χ4n) is 3.90. The summed E-state index contributed by atoms with van der Waals surface area (Å²) in [7, 11) is 1.85. The number of hydrogen-bond acceptors (Lipinski definition) is 5. The van der Waals surface area contributed by atoms with Crippen LogP contribution >= 0.6 is 0 Å². The number of carbonyl (C=O) groups is 1. The molecule has 0 saturated carbocycles. The summed E-state index contributed by atoms with van der Waals surface area (Å²) in [4.78, 5) is 25.7. The van der Waals surface area contributed by atoms with Gasteiger partial charge in [-0.05, 0) is 24.5 Å². The first-order valence-corrected chi connectivity index (χ1v) is 9.85. The minimum Gasteiger partial charge on any atom is -0.371 e. The van der Waals surface area contributed by atoms with E-state index in [1.165, 1.54) is 11.9 Å². The lowest BCUT2D eigenvalue weighted by molar-refractivity contribution is 0.0776. The molecule has 0 bridgehead atoms. The maximum absolute atomic E-state index is 13.2. The number of carbonyl (C=O) groups excluding carboxylic acids is 1. The van der Waals surface area contributed by atoms with Crippen molar-refractivity contribution in [2.24, 2.45) is 5.92 Å². The van der Waals surface area contributed by atoms with Crippen LogP contribution in [0.3, 0.4) is 0 Å². The van der Waals surface area contributed by atoms with Crippen LogP contribution in [0.1, 0.15) is 16.8 Å². The molecule has 2 aromatic carbocycles. The highest BCUT2D eigenvalue weighted by Gasteiger charge is 2.27. The van der Waals surface area contributed by atoms with Gasteiger partial charge in [0, 0.05) is 44.1 Å². The van der Waals surface area contributed by atoms with Gasteiger partial charge in [0.2, 0.25) is 5.95 Å². The highest BCUT2D eigenvalue weighted by atomic mass is 16.2. The van der Waals surface area contributed by atoms with Gasteiger partial charge in [-0.15, -0.1) is 0 Å². The molecule has 0 spiro atoms. The van der Waals surface area contributed by atoms with Gasteiger partial charge in [0.05, 0.1) is 11.3 Å². The zero-order valence-electron chi connectivity index (χ0n) is 16.5. The summed E-state index contributed by atoms with van der Waals surface area (Å²) < 4.78 is 0. The first kappa shape index (κ1) is 18.9. The predicted octanol–water partition coefficient (Wildman–Crippen LogP) is 3.32. The second-order valence-electron chi connectivity index (χ2n) is 7.48. The summed E-state index contributed by atoms with van der Waals surface area (Å²) in [5.41, 5.74) is 8.94. The highest BCUT2D eigenvalue weighted by molar-refractivity contribution is 5.99. The number of nitrogens with two attached hydrogens (primary N) is 1. The molecule has 1 amide bonds. The zero-order valence-corrected chi connectivity index (χ0v) is 16.5. The Hall–Kier alpha value is -3.41. The molecule has 148 valence electrons. The summed E-state index contributed by atoms with van der Waals surface area (Å²) in [6.45, 7) is 2.66. The normalized spacial score (nSPS) is 16.0. The second-order valence-corrected chi connectivity index (χ2v) is 7.48. The van der Waals surface area contributed by atoms with Gasteiger partial charge < -0.3 is 15.5 Å². The number of anilines is 2. The number of hydrogen-bond donors (Lipinski definition) is 1. The average Bonchev–Trinajstić information content (AvgIpc) is 3.23. The Morgan fingerprint density at radius 2 is 1.83 bits per heavy atom. The largest absolute Gasteiger partial charge is 0.371 e. The van der Waals surface area contributed by atoms with E-state index in [9.17, 15) is 4.79 Å². The molecule has 0 aliphatic carbocycles. The lowest BCUT2D eigenvalue weighted by Gasteiger charge is -2.23. The van der Waals surface area contributed by atoms with E-state index in [1.807, 2.05) is 43.4 Å². The number of nitrogen functional groups attached to an aromatic ring is 1. The Balaban J connectivity index is 1.48. The molecular weight excluding hydrogens is 362 g/mol. The zero-order chi connectivity index (χ0) is 20.2. The molecule has 1 saturated heterocycles. The molecule has 1 aliphatic heterocycles. The van der Waals surface area contributed by atoms with Crippen LogP contribution in [0, 0.1) is 5.92 Å². The summed E-state index contributed by atoms with van der Waals surface area (Å²) in [5.74, 6) is 0.512. The number of para-hydroxylation sites is 1. The third-order valence-electron chi connectivity index (χ3n) is 5.37. The smallest absolute Gasteiger partial charge is 0.257 e. The fourth-order valence-corrected chi connectivity index (χ4v) is 3.90. The molecule has 6 heteroatoms. The van der Waals surface area contributed by atoms with Crippen molar-refractivity contribution in [2.45, 2.75) is 6.42 Å². The molecule has 29 heavy (non-hydrogen) atoms. The van der Waals surface area contributed by atoms with Crippen molar-refractivity contribution in [1.29, 1.82) is 0 Å². The molecule has 3 aromatic rings. The van der Waals surface area contributed by atoms with Crippen molar-refractivity contribution in [3.63, 3.8) is 0 Å². The summed E-state index contributed by atoms with van der Waals surface area (Å²) in [6.07, 6.45) is 2.60. The Morgan fingerprint density at radius 3 is 2.55 bits per heavy atom. The van der Waals surface area contributed by atoms with Crippen LogP contribution in [-0.2, 0) is 0 Å². The molecule has 6 nitrogen and oxygen atoms in total. The molecule has 1 aromatic heterocycles. The topological polar surface area (TPSA) is 75.3 Å². The van der Waals surface area contributed by atoms with Crippen molar-refractivity contribution < 1.29 is 4.79 Å². The molecule has 0 radical (unpaired) electrons. The number of aromatic nitrogens is 2. The van der Waals surface area contributed by atoms with Gasteiger partial charge in [-0.1, -0.05) is 48.5 Å². The SMILES string of the molecule is CN(CC1CCN(c2ccccc2)C1)C(=O)c1cnc(N)nc1-c1ccccc1. The molecule has 1 aliphatic rings. The molecule has 1 atom stereocenters. The van der Waals surface area contributed by atoms with Crippen LogP contribution in [0.5, 0.6) is 0 Å². The van der Waals surface area contributed by atoms with E-state index in [1.54, 1.807) is 4.90 Å². The van der Waals surface area contributed by atoms with Crippen molar-refractivity contribution in [3.05, 3.63) is 72.4 Å². The predicted molar refractivity (Wildman–Crippen MR) is 116 cm³/mol. The van der Waals surface area contributed by atoms with E-state index >= 15 is 0 Å². The Morgan fingerprint density at radius 1 is 1.14 bits per heavy atom. The van der Waals surface area contributed by atoms with E-state index in [-0.39, 0.29) is 11.9 Å². The van der Waals surface area contributed by atoms with E-state index in [0.717, 1.165) is 25.1 Å². The summed E-state index contributed by atoms with van der Waals surface area (Å²) in [5, 5.41) is 0. The molecule has 1 fully saturated rings. The number of benzene rings is 2. The van der Waals surface area contributed by atoms with E-state index < -0.39 is 0 Å². The highest BCUT2D eigenvalue weighted by Crippen LogP contribution is 2.26. The van der Waals surface area contributed by atoms with Crippen LogP contribution in [0.2, 0.25) is 0 Å². The third kappa shape index (κ3) is 4.21. The maximum Gasteiger partial charge on any atom is 0.257 e. The molecule has 4 rings (SSSR count). The van der Waals surface area contributed by atoms with Gasteiger partial charge >= 0.3 is 0 Å². The second kappa shape index (κ2) is 8.31. The Labute approximate surface area is 171 Å². The van der Waals surface area contributed by atoms with Crippen LogP contribution < -0.4 is 10.6 Å². The first-order valence-electron chi connectivity index (χ1n) is 9.85. The van der Waals surface area contributed by atoms with Crippen LogP contribution in [0.4, 0.5) is 11.6 Å². The molecule has 2 heterocycles. The van der Waals surface area contributed by atoms with Gasteiger partial charge in [-0.3, -0.25) is 4.79 Å². The fraction of sp³-hybridized carbons (Fsp3) is 0.261. The van der Waals surface area contributed by atoms with Gasteiger partial charge in [-0.2, -0.15) is 0 Å². The third-order valence-corrected chi connectivity index (χ3v) is 5.37. The van der Waals surface area contributed by atoms with E-state index in [2.05, 4.69) is 39.1 Å². The first-order chi connectivity index (χ1) is 14.1. The van der Waals surface area contributed by atoms with Gasteiger partial charge in [0.15, 0.2) is 0 Å². The van der Waals surface area contributed by atoms with E-state index in [0.29, 0.717) is 23.7 Å². The van der Waals surface area contributed by atoms with Crippen LogP contribution in [0.15, 0.2) is 66.9 Å². The van der Waals surface area contributed by atoms with Crippen LogP contribution in [-0.4, -0.2) is 47.5 Å². The Bertz CT molecular complexity index is 977. The minimum absolute atomic E-state index is 0.0815. The molecule has 1 unspecified atom stereocenters. The van der Waals surface area contributed by atoms with Gasteiger partial charge in [-0.25, -0.2) is 9.97 Å². The lowest BCUT2D eigenvalue weighted by Crippen LogP contribution is -2.33. The number of amides is 1. The number of rotatable bonds is 5. The maximum atomic E-state index is 13.2. The van der Waals surface area contributed by atoms with Crippen LogP contribution in [0.25, 0.3) is 11.3 Å². The van der Waals surface area contributed by atoms with Crippen molar-refractivity contribution in [3.8, 4) is 11.3 Å². The monoisotopic (exact) mass is 387 g/mol. The Kier molecular flexibility index (Phi) is 5.42.